The molecule has 0 aliphatic heterocycles. The molecule has 0 fully saturated rings. The number of alkyl halides is 3. The van der Waals surface area contributed by atoms with Crippen LogP contribution in [0.15, 0.2) is 83.9 Å². The summed E-state index contributed by atoms with van der Waals surface area (Å²) in [5.74, 6) is 0.530. The Morgan fingerprint density at radius 3 is 2.18 bits per heavy atom. The monoisotopic (exact) mass is 396 g/mol. The number of thioether (sulfide) groups is 1. The third-order valence-corrected chi connectivity index (χ3v) is 5.34. The van der Waals surface area contributed by atoms with E-state index in [2.05, 4.69) is 34.5 Å². The van der Waals surface area contributed by atoms with E-state index in [1.165, 1.54) is 29.3 Å². The zero-order chi connectivity index (χ0) is 19.6. The molecule has 0 saturated heterocycles. The summed E-state index contributed by atoms with van der Waals surface area (Å²) in [7, 11) is 0. The molecule has 0 radical (unpaired) electrons. The fraction of sp³-hybridized carbons (Fsp3) is 0.0909. The van der Waals surface area contributed by atoms with Crippen LogP contribution < -0.4 is 0 Å². The first-order chi connectivity index (χ1) is 13.5. The second kappa shape index (κ2) is 7.64. The van der Waals surface area contributed by atoms with Gasteiger partial charge in [-0.25, -0.2) is 0 Å². The maximum atomic E-state index is 12.6. The van der Waals surface area contributed by atoms with Gasteiger partial charge in [0, 0.05) is 11.3 Å². The Morgan fingerprint density at radius 2 is 1.50 bits per heavy atom. The van der Waals surface area contributed by atoms with E-state index in [9.17, 15) is 13.2 Å². The summed E-state index contributed by atoms with van der Waals surface area (Å²) < 4.78 is 37.8. The topological polar surface area (TPSA) is 25.8 Å². The van der Waals surface area contributed by atoms with Gasteiger partial charge in [-0.1, -0.05) is 60.3 Å². The highest BCUT2D eigenvalue weighted by Crippen LogP contribution is 2.30. The van der Waals surface area contributed by atoms with Crippen molar-refractivity contribution in [3.8, 4) is 11.3 Å². The molecule has 2 nitrogen and oxygen atoms in total. The minimum Gasteiger partial charge on any atom is -0.166 e. The van der Waals surface area contributed by atoms with E-state index in [0.717, 1.165) is 39.4 Å². The Bertz CT molecular complexity index is 1090. The molecular formula is C22H15F3N2S. The van der Waals surface area contributed by atoms with Gasteiger partial charge in [-0.3, -0.25) is 0 Å². The molecule has 4 rings (SSSR count). The predicted octanol–water partition coefficient (Wildman–Crippen LogP) is 6.61. The lowest BCUT2D eigenvalue weighted by molar-refractivity contribution is -0.137. The summed E-state index contributed by atoms with van der Waals surface area (Å²) in [6.07, 6.45) is -4.31. The molecule has 6 heteroatoms. The lowest BCUT2D eigenvalue weighted by Gasteiger charge is -2.07. The summed E-state index contributed by atoms with van der Waals surface area (Å²) >= 11 is 1.44. The van der Waals surface area contributed by atoms with Crippen molar-refractivity contribution in [3.63, 3.8) is 0 Å². The third kappa shape index (κ3) is 4.17. The SMILES string of the molecule is FC(F)(F)c1ccc(CSc2ccc(-c3ccc4ccccc4c3)nn2)cc1. The minimum atomic E-state index is -4.31. The number of nitrogens with zero attached hydrogens (tertiary/aromatic N) is 2. The molecule has 0 unspecified atom stereocenters. The van der Waals surface area contributed by atoms with E-state index in [-0.39, 0.29) is 0 Å². The van der Waals surface area contributed by atoms with Crippen LogP contribution in [0.25, 0.3) is 22.0 Å². The zero-order valence-electron chi connectivity index (χ0n) is 14.6. The molecule has 28 heavy (non-hydrogen) atoms. The second-order valence-electron chi connectivity index (χ2n) is 6.30. The molecule has 0 N–H and O–H groups in total. The van der Waals surface area contributed by atoms with Crippen molar-refractivity contribution in [1.82, 2.24) is 10.2 Å². The molecular weight excluding hydrogens is 381 g/mol. The van der Waals surface area contributed by atoms with Gasteiger partial charge in [0.25, 0.3) is 0 Å². The van der Waals surface area contributed by atoms with E-state index >= 15 is 0 Å². The van der Waals surface area contributed by atoms with Crippen LogP contribution >= 0.6 is 11.8 Å². The normalized spacial score (nSPS) is 11.7. The number of rotatable bonds is 4. The van der Waals surface area contributed by atoms with Gasteiger partial charge in [-0.05, 0) is 46.7 Å². The summed E-state index contributed by atoms with van der Waals surface area (Å²) in [5, 5.41) is 11.6. The van der Waals surface area contributed by atoms with Crippen molar-refractivity contribution in [2.75, 3.05) is 0 Å². The lowest BCUT2D eigenvalue weighted by atomic mass is 10.1. The first-order valence-corrected chi connectivity index (χ1v) is 9.59. The Labute approximate surface area is 164 Å². The fourth-order valence-electron chi connectivity index (χ4n) is 2.85. The molecule has 0 amide bonds. The molecule has 0 atom stereocenters. The second-order valence-corrected chi connectivity index (χ2v) is 7.30. The van der Waals surface area contributed by atoms with Crippen LogP contribution in [0, 0.1) is 0 Å². The van der Waals surface area contributed by atoms with Gasteiger partial charge in [-0.15, -0.1) is 10.2 Å². The number of aromatic nitrogens is 2. The standard InChI is InChI=1S/C22H15F3N2S/c23-22(24,25)19-9-5-15(6-10-19)14-28-21-12-11-20(26-27-21)18-8-7-16-3-1-2-4-17(16)13-18/h1-13H,14H2. The van der Waals surface area contributed by atoms with E-state index in [1.807, 2.05) is 30.3 Å². The number of fused-ring (bicyclic) bond motifs is 1. The molecule has 0 spiro atoms. The van der Waals surface area contributed by atoms with Crippen LogP contribution in [0.3, 0.4) is 0 Å². The molecule has 140 valence electrons. The van der Waals surface area contributed by atoms with Crippen LogP contribution in [-0.2, 0) is 11.9 Å². The molecule has 0 aliphatic carbocycles. The molecule has 4 aromatic rings. The van der Waals surface area contributed by atoms with Crippen molar-refractivity contribution in [2.45, 2.75) is 17.0 Å². The maximum absolute atomic E-state index is 12.6. The quantitative estimate of drug-likeness (QED) is 0.363. The summed E-state index contributed by atoms with van der Waals surface area (Å²) in [6.45, 7) is 0. The lowest BCUT2D eigenvalue weighted by Crippen LogP contribution is -2.04. The largest absolute Gasteiger partial charge is 0.416 e. The van der Waals surface area contributed by atoms with Gasteiger partial charge in [-0.2, -0.15) is 13.2 Å². The Balaban J connectivity index is 1.44. The first-order valence-electron chi connectivity index (χ1n) is 8.61. The van der Waals surface area contributed by atoms with Gasteiger partial charge >= 0.3 is 6.18 Å². The van der Waals surface area contributed by atoms with Crippen molar-refractivity contribution in [3.05, 3.63) is 90.0 Å². The van der Waals surface area contributed by atoms with Crippen molar-refractivity contribution < 1.29 is 13.2 Å². The number of hydrogen-bond acceptors (Lipinski definition) is 3. The summed E-state index contributed by atoms with van der Waals surface area (Å²) in [5.41, 5.74) is 1.94. The Kier molecular flexibility index (Phi) is 5.05. The zero-order valence-corrected chi connectivity index (χ0v) is 15.5. The molecule has 1 aromatic heterocycles. The minimum absolute atomic E-state index is 0.530. The van der Waals surface area contributed by atoms with Gasteiger partial charge in [0.2, 0.25) is 0 Å². The van der Waals surface area contributed by atoms with Gasteiger partial charge in [0.15, 0.2) is 0 Å². The van der Waals surface area contributed by atoms with Gasteiger partial charge in [0.1, 0.15) is 5.03 Å². The van der Waals surface area contributed by atoms with Crippen molar-refractivity contribution in [1.29, 1.82) is 0 Å². The third-order valence-electron chi connectivity index (χ3n) is 4.35. The van der Waals surface area contributed by atoms with Crippen LogP contribution in [0.2, 0.25) is 0 Å². The smallest absolute Gasteiger partial charge is 0.166 e. The maximum Gasteiger partial charge on any atom is 0.416 e. The first kappa shape index (κ1) is 18.5. The highest BCUT2D eigenvalue weighted by atomic mass is 32.2. The van der Waals surface area contributed by atoms with E-state index in [1.54, 1.807) is 0 Å². The highest BCUT2D eigenvalue weighted by molar-refractivity contribution is 7.98. The van der Waals surface area contributed by atoms with E-state index < -0.39 is 11.7 Å². The van der Waals surface area contributed by atoms with Crippen molar-refractivity contribution in [2.24, 2.45) is 0 Å². The van der Waals surface area contributed by atoms with E-state index in [0.29, 0.717) is 5.75 Å². The highest BCUT2D eigenvalue weighted by Gasteiger charge is 2.29. The molecule has 0 aliphatic rings. The van der Waals surface area contributed by atoms with E-state index in [4.69, 9.17) is 0 Å². The van der Waals surface area contributed by atoms with Crippen LogP contribution in [0.1, 0.15) is 11.1 Å². The number of benzene rings is 3. The molecule has 0 bridgehead atoms. The molecule has 1 heterocycles. The van der Waals surface area contributed by atoms with Crippen LogP contribution in [0.4, 0.5) is 13.2 Å². The summed E-state index contributed by atoms with van der Waals surface area (Å²) in [6, 6.07) is 23.2. The number of halogens is 3. The average Bonchev–Trinajstić information content (AvgIpc) is 2.72. The van der Waals surface area contributed by atoms with Crippen molar-refractivity contribution >= 4 is 22.5 Å². The Morgan fingerprint density at radius 1 is 0.750 bits per heavy atom. The van der Waals surface area contributed by atoms with Crippen LogP contribution in [0.5, 0.6) is 0 Å². The predicted molar refractivity (Wildman–Crippen MR) is 106 cm³/mol. The fourth-order valence-corrected chi connectivity index (χ4v) is 3.62. The van der Waals surface area contributed by atoms with Gasteiger partial charge in [0.05, 0.1) is 11.3 Å². The van der Waals surface area contributed by atoms with Crippen LogP contribution in [-0.4, -0.2) is 10.2 Å². The van der Waals surface area contributed by atoms with Gasteiger partial charge < -0.3 is 0 Å². The molecule has 3 aromatic carbocycles. The molecule has 0 saturated carbocycles. The Hall–Kier alpha value is -2.86. The number of hydrogen-bond donors (Lipinski definition) is 0. The summed E-state index contributed by atoms with van der Waals surface area (Å²) in [4.78, 5) is 0. The average molecular weight is 396 g/mol.